The van der Waals surface area contributed by atoms with Gasteiger partial charge in [0.05, 0.1) is 0 Å². The fourth-order valence-corrected chi connectivity index (χ4v) is 3.83. The van der Waals surface area contributed by atoms with Gasteiger partial charge in [-0.05, 0) is 48.6 Å². The van der Waals surface area contributed by atoms with Gasteiger partial charge < -0.3 is 11.1 Å². The lowest BCUT2D eigenvalue weighted by Gasteiger charge is -2.35. The lowest BCUT2D eigenvalue weighted by atomic mass is 9.83. The SMILES string of the molecule is CC1(C)Cc2ccccc2C1NC1CCC(N)CC1. The molecular formula is C17H26N2. The number of hydrogen-bond donors (Lipinski definition) is 2. The van der Waals surface area contributed by atoms with Crippen molar-refractivity contribution in [3.63, 3.8) is 0 Å². The van der Waals surface area contributed by atoms with Gasteiger partial charge in [0.25, 0.3) is 0 Å². The Morgan fingerprint density at radius 2 is 1.79 bits per heavy atom. The first kappa shape index (κ1) is 13.1. The molecule has 0 spiro atoms. The van der Waals surface area contributed by atoms with Crippen LogP contribution in [0.15, 0.2) is 24.3 Å². The molecule has 0 aromatic heterocycles. The fraction of sp³-hybridized carbons (Fsp3) is 0.647. The van der Waals surface area contributed by atoms with Crippen LogP contribution in [0.5, 0.6) is 0 Å². The van der Waals surface area contributed by atoms with Crippen LogP contribution < -0.4 is 11.1 Å². The maximum Gasteiger partial charge on any atom is 0.0379 e. The van der Waals surface area contributed by atoms with Crippen molar-refractivity contribution >= 4 is 0 Å². The molecule has 3 rings (SSSR count). The van der Waals surface area contributed by atoms with Crippen molar-refractivity contribution in [1.29, 1.82) is 0 Å². The molecule has 1 aromatic rings. The van der Waals surface area contributed by atoms with Crippen molar-refractivity contribution in [3.8, 4) is 0 Å². The molecule has 1 atom stereocenters. The van der Waals surface area contributed by atoms with Gasteiger partial charge in [0.1, 0.15) is 0 Å². The minimum Gasteiger partial charge on any atom is -0.328 e. The Labute approximate surface area is 116 Å². The highest BCUT2D eigenvalue weighted by molar-refractivity contribution is 5.37. The van der Waals surface area contributed by atoms with E-state index in [0.717, 1.165) is 0 Å². The highest BCUT2D eigenvalue weighted by Crippen LogP contribution is 2.45. The molecule has 0 aliphatic heterocycles. The van der Waals surface area contributed by atoms with Crippen LogP contribution in [0.1, 0.15) is 56.7 Å². The number of nitrogens with one attached hydrogen (secondary N) is 1. The van der Waals surface area contributed by atoms with Crippen LogP contribution in [0.2, 0.25) is 0 Å². The van der Waals surface area contributed by atoms with Crippen LogP contribution in [0, 0.1) is 5.41 Å². The molecule has 2 heteroatoms. The van der Waals surface area contributed by atoms with E-state index < -0.39 is 0 Å². The Morgan fingerprint density at radius 3 is 2.53 bits per heavy atom. The molecular weight excluding hydrogens is 232 g/mol. The van der Waals surface area contributed by atoms with Crippen LogP contribution in [0.3, 0.4) is 0 Å². The number of fused-ring (bicyclic) bond motifs is 1. The average Bonchev–Trinajstić information content (AvgIpc) is 2.63. The minimum atomic E-state index is 0.323. The number of hydrogen-bond acceptors (Lipinski definition) is 2. The topological polar surface area (TPSA) is 38.0 Å². The second-order valence-electron chi connectivity index (χ2n) is 7.08. The Morgan fingerprint density at radius 1 is 1.11 bits per heavy atom. The molecule has 2 aliphatic rings. The number of benzene rings is 1. The van der Waals surface area contributed by atoms with Crippen molar-refractivity contribution in [3.05, 3.63) is 35.4 Å². The molecule has 19 heavy (non-hydrogen) atoms. The summed E-state index contributed by atoms with van der Waals surface area (Å²) in [6.07, 6.45) is 6.00. The van der Waals surface area contributed by atoms with Gasteiger partial charge in [-0.1, -0.05) is 38.1 Å². The van der Waals surface area contributed by atoms with Crippen molar-refractivity contribution in [2.45, 2.75) is 64.1 Å². The van der Waals surface area contributed by atoms with Gasteiger partial charge in [-0.3, -0.25) is 0 Å². The third-order valence-electron chi connectivity index (χ3n) is 4.97. The normalized spacial score (nSPS) is 33.1. The molecule has 0 amide bonds. The molecule has 0 bridgehead atoms. The second kappa shape index (κ2) is 4.92. The third kappa shape index (κ3) is 2.56. The molecule has 1 unspecified atom stereocenters. The summed E-state index contributed by atoms with van der Waals surface area (Å²) in [7, 11) is 0. The molecule has 0 saturated heterocycles. The molecule has 0 heterocycles. The second-order valence-corrected chi connectivity index (χ2v) is 7.08. The van der Waals surface area contributed by atoms with Crippen LogP contribution in [0.4, 0.5) is 0 Å². The maximum absolute atomic E-state index is 6.01. The first-order valence-corrected chi connectivity index (χ1v) is 7.66. The summed E-state index contributed by atoms with van der Waals surface area (Å²) < 4.78 is 0. The summed E-state index contributed by atoms with van der Waals surface area (Å²) in [5.74, 6) is 0. The molecule has 2 aliphatic carbocycles. The van der Waals surface area contributed by atoms with Crippen molar-refractivity contribution in [2.24, 2.45) is 11.1 Å². The molecule has 1 fully saturated rings. The Kier molecular flexibility index (Phi) is 3.40. The van der Waals surface area contributed by atoms with Crippen molar-refractivity contribution in [1.82, 2.24) is 5.32 Å². The van der Waals surface area contributed by atoms with Gasteiger partial charge in [-0.25, -0.2) is 0 Å². The number of rotatable bonds is 2. The van der Waals surface area contributed by atoms with E-state index in [1.54, 1.807) is 0 Å². The quantitative estimate of drug-likeness (QED) is 0.855. The van der Waals surface area contributed by atoms with Gasteiger partial charge >= 0.3 is 0 Å². The van der Waals surface area contributed by atoms with Gasteiger partial charge in [0, 0.05) is 18.1 Å². The largest absolute Gasteiger partial charge is 0.328 e. The summed E-state index contributed by atoms with van der Waals surface area (Å²) in [4.78, 5) is 0. The lowest BCUT2D eigenvalue weighted by molar-refractivity contribution is 0.221. The first-order valence-electron chi connectivity index (χ1n) is 7.66. The van der Waals surface area contributed by atoms with Crippen molar-refractivity contribution in [2.75, 3.05) is 0 Å². The zero-order chi connectivity index (χ0) is 13.5. The first-order chi connectivity index (χ1) is 9.06. The van der Waals surface area contributed by atoms with Crippen LogP contribution in [0.25, 0.3) is 0 Å². The summed E-state index contributed by atoms with van der Waals surface area (Å²) in [5, 5.41) is 3.93. The van der Waals surface area contributed by atoms with Gasteiger partial charge in [-0.15, -0.1) is 0 Å². The van der Waals surface area contributed by atoms with E-state index in [1.165, 1.54) is 43.2 Å². The Hall–Kier alpha value is -0.860. The summed E-state index contributed by atoms with van der Waals surface area (Å²) in [6.45, 7) is 4.78. The summed E-state index contributed by atoms with van der Waals surface area (Å²) in [6, 6.07) is 10.5. The lowest BCUT2D eigenvalue weighted by Crippen LogP contribution is -2.42. The molecule has 3 N–H and O–H groups in total. The number of nitrogens with two attached hydrogens (primary N) is 1. The zero-order valence-electron chi connectivity index (χ0n) is 12.2. The highest BCUT2D eigenvalue weighted by Gasteiger charge is 2.39. The van der Waals surface area contributed by atoms with Gasteiger partial charge in [0.15, 0.2) is 0 Å². The predicted molar refractivity (Wildman–Crippen MR) is 80.0 cm³/mol. The predicted octanol–water partition coefficient (Wildman–Crippen LogP) is 3.17. The Balaban J connectivity index is 1.76. The fourth-order valence-electron chi connectivity index (χ4n) is 3.83. The van der Waals surface area contributed by atoms with Crippen LogP contribution in [-0.4, -0.2) is 12.1 Å². The van der Waals surface area contributed by atoms with E-state index in [1.807, 2.05) is 0 Å². The molecule has 2 nitrogen and oxygen atoms in total. The molecule has 0 radical (unpaired) electrons. The zero-order valence-corrected chi connectivity index (χ0v) is 12.2. The standard InChI is InChI=1S/C17H26N2/c1-17(2)11-12-5-3-4-6-15(12)16(17)19-14-9-7-13(18)8-10-14/h3-6,13-14,16,19H,7-11,18H2,1-2H3. The summed E-state index contributed by atoms with van der Waals surface area (Å²) in [5.41, 5.74) is 9.37. The van der Waals surface area contributed by atoms with Crippen LogP contribution in [-0.2, 0) is 6.42 Å². The third-order valence-corrected chi connectivity index (χ3v) is 4.97. The Bertz CT molecular complexity index is 444. The van der Waals surface area contributed by atoms with Gasteiger partial charge in [0.2, 0.25) is 0 Å². The van der Waals surface area contributed by atoms with Gasteiger partial charge in [-0.2, -0.15) is 0 Å². The van der Waals surface area contributed by atoms with E-state index in [4.69, 9.17) is 5.73 Å². The summed E-state index contributed by atoms with van der Waals surface area (Å²) >= 11 is 0. The van der Waals surface area contributed by atoms with Crippen molar-refractivity contribution < 1.29 is 0 Å². The highest BCUT2D eigenvalue weighted by atomic mass is 15.0. The molecule has 104 valence electrons. The average molecular weight is 258 g/mol. The van der Waals surface area contributed by atoms with E-state index in [2.05, 4.69) is 43.4 Å². The molecule has 1 aromatic carbocycles. The smallest absolute Gasteiger partial charge is 0.0379 e. The monoisotopic (exact) mass is 258 g/mol. The van der Waals surface area contributed by atoms with E-state index in [-0.39, 0.29) is 0 Å². The van der Waals surface area contributed by atoms with E-state index in [0.29, 0.717) is 23.5 Å². The van der Waals surface area contributed by atoms with E-state index in [9.17, 15) is 0 Å². The van der Waals surface area contributed by atoms with Crippen LogP contribution >= 0.6 is 0 Å². The maximum atomic E-state index is 6.01. The molecule has 1 saturated carbocycles. The minimum absolute atomic E-state index is 0.323. The van der Waals surface area contributed by atoms with E-state index >= 15 is 0 Å².